The second kappa shape index (κ2) is 2.50. The molecule has 2 heterocycles. The van der Waals surface area contributed by atoms with Crippen molar-refractivity contribution in [2.24, 2.45) is 0 Å². The van der Waals surface area contributed by atoms with Crippen LogP contribution in [0.1, 0.15) is 0 Å². The van der Waals surface area contributed by atoms with Crippen LogP contribution < -0.4 is 0 Å². The Balaban J connectivity index is 2.64. The van der Waals surface area contributed by atoms with Gasteiger partial charge in [-0.1, -0.05) is 18.2 Å². The van der Waals surface area contributed by atoms with Crippen LogP contribution in [0.4, 0.5) is 0 Å². The van der Waals surface area contributed by atoms with Crippen LogP contribution in [0.25, 0.3) is 20.3 Å². The number of nitrogens with zero attached hydrogens (tertiary/aromatic N) is 2. The molecule has 0 atom stereocenters. The van der Waals surface area contributed by atoms with Crippen LogP contribution in [0, 0.1) is 6.20 Å². The monoisotopic (exact) mass is 185 g/mol. The lowest BCUT2D eigenvalue weighted by atomic mass is 10.2. The van der Waals surface area contributed by atoms with Gasteiger partial charge in [0.15, 0.2) is 0 Å². The molecule has 0 amide bonds. The van der Waals surface area contributed by atoms with Crippen LogP contribution in [0.2, 0.25) is 0 Å². The van der Waals surface area contributed by atoms with Crippen molar-refractivity contribution in [1.29, 1.82) is 0 Å². The highest BCUT2D eigenvalue weighted by Gasteiger charge is 2.03. The van der Waals surface area contributed by atoms with Crippen LogP contribution in [0.15, 0.2) is 30.6 Å². The smallest absolute Gasteiger partial charge is 0.128 e. The van der Waals surface area contributed by atoms with E-state index in [4.69, 9.17) is 0 Å². The summed E-state index contributed by atoms with van der Waals surface area (Å²) in [4.78, 5) is 9.11. The lowest BCUT2D eigenvalue weighted by Crippen LogP contribution is -1.74. The van der Waals surface area contributed by atoms with E-state index in [9.17, 15) is 0 Å². The first-order valence-electron chi connectivity index (χ1n) is 3.95. The molecular formula is C10H5N2S. The molecule has 0 saturated heterocycles. The topological polar surface area (TPSA) is 25.8 Å². The highest BCUT2D eigenvalue weighted by molar-refractivity contribution is 7.25. The zero-order chi connectivity index (χ0) is 8.67. The van der Waals surface area contributed by atoms with Gasteiger partial charge in [-0.3, -0.25) is 0 Å². The predicted molar refractivity (Wildman–Crippen MR) is 53.8 cm³/mol. The number of benzene rings is 1. The molecule has 0 N–H and O–H groups in total. The molecule has 13 heavy (non-hydrogen) atoms. The van der Waals surface area contributed by atoms with Crippen LogP contribution in [0.5, 0.6) is 0 Å². The predicted octanol–water partition coefficient (Wildman–Crippen LogP) is 2.64. The summed E-state index contributed by atoms with van der Waals surface area (Å²) in [5.41, 5.74) is 0. The Kier molecular flexibility index (Phi) is 1.34. The summed E-state index contributed by atoms with van der Waals surface area (Å²) in [5.74, 6) is 0. The summed E-state index contributed by atoms with van der Waals surface area (Å²) < 4.78 is 1.24. The Morgan fingerprint density at radius 1 is 1.23 bits per heavy atom. The summed E-state index contributed by atoms with van der Waals surface area (Å²) in [5, 5.41) is 2.23. The van der Waals surface area contributed by atoms with Gasteiger partial charge in [-0.25, -0.2) is 9.97 Å². The second-order valence-corrected chi connectivity index (χ2v) is 3.79. The molecule has 0 aliphatic heterocycles. The minimum absolute atomic E-state index is 1.01. The van der Waals surface area contributed by atoms with Crippen molar-refractivity contribution < 1.29 is 0 Å². The second-order valence-electron chi connectivity index (χ2n) is 2.76. The molecule has 1 radical (unpaired) electrons. The Hall–Kier alpha value is -1.48. The van der Waals surface area contributed by atoms with Gasteiger partial charge in [-0.05, 0) is 6.07 Å². The number of hydrogen-bond acceptors (Lipinski definition) is 3. The maximum Gasteiger partial charge on any atom is 0.128 e. The highest BCUT2D eigenvalue weighted by atomic mass is 32.1. The van der Waals surface area contributed by atoms with E-state index in [2.05, 4.69) is 28.3 Å². The molecule has 3 aromatic rings. The number of fused-ring (bicyclic) bond motifs is 3. The lowest BCUT2D eigenvalue weighted by molar-refractivity contribution is 1.23. The Bertz CT molecular complexity index is 521. The Labute approximate surface area is 78.9 Å². The fourth-order valence-corrected chi connectivity index (χ4v) is 2.40. The first-order valence-corrected chi connectivity index (χ1v) is 4.77. The summed E-state index contributed by atoms with van der Waals surface area (Å²) in [7, 11) is 0. The van der Waals surface area contributed by atoms with E-state index in [0.717, 1.165) is 10.2 Å². The van der Waals surface area contributed by atoms with Crippen molar-refractivity contribution in [3.05, 3.63) is 36.8 Å². The largest absolute Gasteiger partial charge is 0.234 e. The summed E-state index contributed by atoms with van der Waals surface area (Å²) in [6, 6.07) is 8.23. The van der Waals surface area contributed by atoms with Crippen LogP contribution in [-0.2, 0) is 0 Å². The molecule has 3 rings (SSSR count). The third kappa shape index (κ3) is 0.939. The fraction of sp³-hybridized carbons (Fsp3) is 0. The average molecular weight is 185 g/mol. The summed E-state index contributed by atoms with van der Waals surface area (Å²) in [6.45, 7) is 0. The molecule has 0 spiro atoms. The molecule has 1 aromatic carbocycles. The molecule has 0 unspecified atom stereocenters. The first kappa shape index (κ1) is 6.97. The van der Waals surface area contributed by atoms with Crippen molar-refractivity contribution in [3.8, 4) is 0 Å². The third-order valence-electron chi connectivity index (χ3n) is 1.99. The van der Waals surface area contributed by atoms with Gasteiger partial charge in [0.1, 0.15) is 17.4 Å². The van der Waals surface area contributed by atoms with Crippen molar-refractivity contribution in [2.45, 2.75) is 0 Å². The molecule has 2 aromatic heterocycles. The maximum absolute atomic E-state index is 4.19. The van der Waals surface area contributed by atoms with Crippen LogP contribution in [0.3, 0.4) is 0 Å². The van der Waals surface area contributed by atoms with Gasteiger partial charge < -0.3 is 0 Å². The fourth-order valence-electron chi connectivity index (χ4n) is 1.41. The highest BCUT2D eigenvalue weighted by Crippen LogP contribution is 2.30. The van der Waals surface area contributed by atoms with Gasteiger partial charge >= 0.3 is 0 Å². The zero-order valence-corrected chi connectivity index (χ0v) is 7.51. The Morgan fingerprint density at radius 3 is 3.15 bits per heavy atom. The van der Waals surface area contributed by atoms with Crippen molar-refractivity contribution >= 4 is 31.6 Å². The standard InChI is InChI=1S/C10H5N2S/c1-2-4-9-7(3-1)8-5-11-6-12-10(8)13-9/h1-4,6H. The molecule has 61 valence electrons. The maximum atomic E-state index is 4.19. The van der Waals surface area contributed by atoms with Crippen molar-refractivity contribution in [1.82, 2.24) is 9.97 Å². The zero-order valence-electron chi connectivity index (χ0n) is 6.69. The van der Waals surface area contributed by atoms with Gasteiger partial charge in [-0.2, -0.15) is 0 Å². The number of hydrogen-bond donors (Lipinski definition) is 0. The van der Waals surface area contributed by atoms with Gasteiger partial charge in [0.2, 0.25) is 0 Å². The summed E-state index contributed by atoms with van der Waals surface area (Å²) >= 11 is 1.68. The molecular weight excluding hydrogens is 180 g/mol. The van der Waals surface area contributed by atoms with Gasteiger partial charge in [0, 0.05) is 15.5 Å². The number of rotatable bonds is 0. The van der Waals surface area contributed by atoms with E-state index in [1.807, 2.05) is 12.1 Å². The molecule has 0 bridgehead atoms. The molecule has 0 fully saturated rings. The number of aromatic nitrogens is 2. The van der Waals surface area contributed by atoms with Gasteiger partial charge in [0.25, 0.3) is 0 Å². The van der Waals surface area contributed by atoms with E-state index >= 15 is 0 Å². The minimum atomic E-state index is 1.01. The van der Waals surface area contributed by atoms with E-state index < -0.39 is 0 Å². The van der Waals surface area contributed by atoms with E-state index in [1.54, 1.807) is 11.3 Å². The van der Waals surface area contributed by atoms with Crippen LogP contribution >= 0.6 is 11.3 Å². The third-order valence-corrected chi connectivity index (χ3v) is 3.06. The SMILES string of the molecule is [c]1ncnc2sc3ccccc3c12. The number of thiophene rings is 1. The van der Waals surface area contributed by atoms with Crippen LogP contribution in [-0.4, -0.2) is 9.97 Å². The molecule has 3 heteroatoms. The molecule has 0 aliphatic rings. The Morgan fingerprint density at radius 2 is 2.15 bits per heavy atom. The van der Waals surface area contributed by atoms with Crippen molar-refractivity contribution in [3.63, 3.8) is 0 Å². The van der Waals surface area contributed by atoms with E-state index in [0.29, 0.717) is 0 Å². The summed E-state index contributed by atoms with van der Waals surface area (Å²) in [6.07, 6.45) is 4.51. The molecule has 2 nitrogen and oxygen atoms in total. The average Bonchev–Trinajstić information content (AvgIpc) is 2.56. The van der Waals surface area contributed by atoms with E-state index in [1.165, 1.54) is 16.4 Å². The molecule has 0 saturated carbocycles. The first-order chi connectivity index (χ1) is 6.45. The quantitative estimate of drug-likeness (QED) is 0.538. The van der Waals surface area contributed by atoms with Gasteiger partial charge in [0.05, 0.1) is 0 Å². The van der Waals surface area contributed by atoms with Gasteiger partial charge in [-0.15, -0.1) is 11.3 Å². The lowest BCUT2D eigenvalue weighted by Gasteiger charge is -1.86. The normalized spacial score (nSPS) is 11.1. The van der Waals surface area contributed by atoms with E-state index in [-0.39, 0.29) is 0 Å². The van der Waals surface area contributed by atoms with Crippen molar-refractivity contribution in [2.75, 3.05) is 0 Å². The molecule has 0 aliphatic carbocycles. The minimum Gasteiger partial charge on any atom is -0.234 e.